The Labute approximate surface area is 120 Å². The average Bonchev–Trinajstić information content (AvgIpc) is 2.94. The van der Waals surface area contributed by atoms with Gasteiger partial charge >= 0.3 is 0 Å². The number of ether oxygens (including phenoxy) is 3. The third kappa shape index (κ3) is 2.10. The molecule has 2 unspecified atom stereocenters. The van der Waals surface area contributed by atoms with Gasteiger partial charge in [-0.3, -0.25) is 0 Å². The Balaban J connectivity index is 1.68. The minimum Gasteiger partial charge on any atom is -0.485 e. The summed E-state index contributed by atoms with van der Waals surface area (Å²) >= 11 is 0. The van der Waals surface area contributed by atoms with Gasteiger partial charge in [0.15, 0.2) is 11.5 Å². The van der Waals surface area contributed by atoms with E-state index in [-0.39, 0.29) is 18.7 Å². The Morgan fingerprint density at radius 3 is 2.76 bits per heavy atom. The van der Waals surface area contributed by atoms with Crippen LogP contribution < -0.4 is 14.2 Å². The van der Waals surface area contributed by atoms with Crippen molar-refractivity contribution in [3.05, 3.63) is 53.3 Å². The maximum absolute atomic E-state index is 13.3. The van der Waals surface area contributed by atoms with E-state index in [4.69, 9.17) is 14.2 Å². The van der Waals surface area contributed by atoms with Crippen molar-refractivity contribution >= 4 is 0 Å². The van der Waals surface area contributed by atoms with Crippen LogP contribution >= 0.6 is 0 Å². The standard InChI is InChI=1S/C16H13FO4/c17-10-2-3-11-12(18)7-14(21-15(11)6-10)9-1-4-13-16(5-9)20-8-19-13/h1-6,12,14,18H,7-8H2. The Hall–Kier alpha value is -2.27. The molecule has 0 aromatic heterocycles. The lowest BCUT2D eigenvalue weighted by molar-refractivity contribution is 0.0652. The summed E-state index contributed by atoms with van der Waals surface area (Å²) in [5, 5.41) is 10.2. The van der Waals surface area contributed by atoms with E-state index in [1.165, 1.54) is 12.1 Å². The molecular formula is C16H13FO4. The summed E-state index contributed by atoms with van der Waals surface area (Å²) in [7, 11) is 0. The number of aliphatic hydroxyl groups is 1. The number of hydrogen-bond donors (Lipinski definition) is 1. The highest BCUT2D eigenvalue weighted by Gasteiger charge is 2.29. The van der Waals surface area contributed by atoms with Crippen LogP contribution in [-0.2, 0) is 0 Å². The van der Waals surface area contributed by atoms with Crippen molar-refractivity contribution in [3.8, 4) is 17.2 Å². The minimum absolute atomic E-state index is 0.209. The van der Waals surface area contributed by atoms with Crippen molar-refractivity contribution in [3.63, 3.8) is 0 Å². The fourth-order valence-corrected chi connectivity index (χ4v) is 2.73. The van der Waals surface area contributed by atoms with Gasteiger partial charge in [0.1, 0.15) is 17.7 Å². The molecule has 4 nitrogen and oxygen atoms in total. The number of benzene rings is 2. The maximum Gasteiger partial charge on any atom is 0.231 e. The molecule has 0 bridgehead atoms. The normalized spacial score (nSPS) is 22.6. The van der Waals surface area contributed by atoms with Gasteiger partial charge in [0.05, 0.1) is 6.10 Å². The zero-order valence-corrected chi connectivity index (χ0v) is 11.1. The van der Waals surface area contributed by atoms with E-state index in [0.29, 0.717) is 29.2 Å². The smallest absolute Gasteiger partial charge is 0.231 e. The largest absolute Gasteiger partial charge is 0.485 e. The van der Waals surface area contributed by atoms with Gasteiger partial charge in [-0.15, -0.1) is 0 Å². The second-order valence-electron chi connectivity index (χ2n) is 5.15. The zero-order chi connectivity index (χ0) is 14.4. The molecule has 2 aromatic carbocycles. The lowest BCUT2D eigenvalue weighted by atomic mass is 9.95. The topological polar surface area (TPSA) is 47.9 Å². The van der Waals surface area contributed by atoms with Crippen LogP contribution in [0.3, 0.4) is 0 Å². The summed E-state index contributed by atoms with van der Waals surface area (Å²) in [6, 6.07) is 9.71. The van der Waals surface area contributed by atoms with Crippen LogP contribution in [0.25, 0.3) is 0 Å². The summed E-state index contributed by atoms with van der Waals surface area (Å²) in [6.07, 6.45) is -0.605. The average molecular weight is 288 g/mol. The van der Waals surface area contributed by atoms with Gasteiger partial charge in [-0.05, 0) is 29.8 Å². The van der Waals surface area contributed by atoms with Crippen molar-refractivity contribution < 1.29 is 23.7 Å². The fraction of sp³-hybridized carbons (Fsp3) is 0.250. The van der Waals surface area contributed by atoms with Gasteiger partial charge in [-0.25, -0.2) is 4.39 Å². The highest BCUT2D eigenvalue weighted by atomic mass is 19.1. The van der Waals surface area contributed by atoms with Gasteiger partial charge in [0.25, 0.3) is 0 Å². The van der Waals surface area contributed by atoms with Crippen LogP contribution in [0.2, 0.25) is 0 Å². The lowest BCUT2D eigenvalue weighted by Crippen LogP contribution is -2.19. The van der Waals surface area contributed by atoms with Crippen LogP contribution in [0.5, 0.6) is 17.2 Å². The zero-order valence-electron chi connectivity index (χ0n) is 11.1. The van der Waals surface area contributed by atoms with E-state index in [2.05, 4.69) is 0 Å². The highest BCUT2D eigenvalue weighted by molar-refractivity contribution is 5.46. The predicted molar refractivity (Wildman–Crippen MR) is 71.9 cm³/mol. The molecule has 0 saturated carbocycles. The van der Waals surface area contributed by atoms with Gasteiger partial charge < -0.3 is 19.3 Å². The second kappa shape index (κ2) is 4.63. The number of rotatable bonds is 1. The fourth-order valence-electron chi connectivity index (χ4n) is 2.73. The van der Waals surface area contributed by atoms with E-state index < -0.39 is 6.10 Å². The number of halogens is 1. The Morgan fingerprint density at radius 1 is 1.00 bits per heavy atom. The third-order valence-electron chi connectivity index (χ3n) is 3.81. The molecule has 2 aliphatic rings. The second-order valence-corrected chi connectivity index (χ2v) is 5.15. The first-order valence-electron chi connectivity index (χ1n) is 6.74. The van der Waals surface area contributed by atoms with Crippen molar-refractivity contribution in [2.45, 2.75) is 18.6 Å². The molecule has 108 valence electrons. The molecule has 0 spiro atoms. The molecule has 2 aliphatic heterocycles. The predicted octanol–water partition coefficient (Wildman–Crippen LogP) is 3.11. The molecule has 2 atom stereocenters. The lowest BCUT2D eigenvalue weighted by Gasteiger charge is -2.30. The first-order valence-corrected chi connectivity index (χ1v) is 6.74. The van der Waals surface area contributed by atoms with Crippen LogP contribution in [0.1, 0.15) is 29.8 Å². The summed E-state index contributed by atoms with van der Waals surface area (Å²) < 4.78 is 29.8. The molecule has 2 aromatic rings. The third-order valence-corrected chi connectivity index (χ3v) is 3.81. The SMILES string of the molecule is OC1CC(c2ccc3c(c2)OCO3)Oc2cc(F)ccc21. The van der Waals surface area contributed by atoms with Crippen molar-refractivity contribution in [1.82, 2.24) is 0 Å². The molecule has 5 heteroatoms. The first-order chi connectivity index (χ1) is 10.2. The number of aliphatic hydroxyl groups excluding tert-OH is 1. The van der Waals surface area contributed by atoms with Crippen molar-refractivity contribution in [2.75, 3.05) is 6.79 Å². The van der Waals surface area contributed by atoms with Gasteiger partial charge in [0, 0.05) is 18.1 Å². The molecule has 2 heterocycles. The molecule has 0 fully saturated rings. The van der Waals surface area contributed by atoms with Crippen LogP contribution in [0.15, 0.2) is 36.4 Å². The molecule has 1 N–H and O–H groups in total. The van der Waals surface area contributed by atoms with E-state index in [1.54, 1.807) is 6.07 Å². The van der Waals surface area contributed by atoms with Crippen molar-refractivity contribution in [1.29, 1.82) is 0 Å². The maximum atomic E-state index is 13.3. The van der Waals surface area contributed by atoms with Crippen LogP contribution in [-0.4, -0.2) is 11.9 Å². The highest BCUT2D eigenvalue weighted by Crippen LogP contribution is 2.43. The summed E-state index contributed by atoms with van der Waals surface area (Å²) in [5.74, 6) is 1.36. The van der Waals surface area contributed by atoms with Gasteiger partial charge in [-0.2, -0.15) is 0 Å². The minimum atomic E-state index is -0.676. The molecule has 0 saturated heterocycles. The van der Waals surface area contributed by atoms with Gasteiger partial charge in [-0.1, -0.05) is 6.07 Å². The molecule has 4 rings (SSSR count). The molecule has 21 heavy (non-hydrogen) atoms. The summed E-state index contributed by atoms with van der Waals surface area (Å²) in [6.45, 7) is 0.209. The summed E-state index contributed by atoms with van der Waals surface area (Å²) in [5.41, 5.74) is 1.49. The van der Waals surface area contributed by atoms with Crippen LogP contribution in [0.4, 0.5) is 4.39 Å². The summed E-state index contributed by atoms with van der Waals surface area (Å²) in [4.78, 5) is 0. The number of hydrogen-bond acceptors (Lipinski definition) is 4. The molecule has 0 aliphatic carbocycles. The molecule has 0 amide bonds. The van der Waals surface area contributed by atoms with E-state index in [9.17, 15) is 9.50 Å². The first kappa shape index (κ1) is 12.5. The van der Waals surface area contributed by atoms with Gasteiger partial charge in [0.2, 0.25) is 6.79 Å². The van der Waals surface area contributed by atoms with E-state index in [0.717, 1.165) is 5.56 Å². The van der Waals surface area contributed by atoms with E-state index >= 15 is 0 Å². The Kier molecular flexibility index (Phi) is 2.75. The Bertz CT molecular complexity index is 701. The Morgan fingerprint density at radius 2 is 1.86 bits per heavy atom. The van der Waals surface area contributed by atoms with E-state index in [1.807, 2.05) is 18.2 Å². The number of fused-ring (bicyclic) bond motifs is 2. The molecule has 0 radical (unpaired) electrons. The monoisotopic (exact) mass is 288 g/mol. The van der Waals surface area contributed by atoms with Crippen molar-refractivity contribution in [2.24, 2.45) is 0 Å². The van der Waals surface area contributed by atoms with Crippen LogP contribution in [0, 0.1) is 5.82 Å². The quantitative estimate of drug-likeness (QED) is 0.876. The molecular weight excluding hydrogens is 275 g/mol.